The van der Waals surface area contributed by atoms with Gasteiger partial charge in [0.25, 0.3) is 0 Å². The van der Waals surface area contributed by atoms with Crippen LogP contribution in [-0.4, -0.2) is 73.1 Å². The number of rotatable bonds is 5. The number of alkyl halides is 3. The van der Waals surface area contributed by atoms with Crippen molar-refractivity contribution in [3.63, 3.8) is 0 Å². The first-order chi connectivity index (χ1) is 14.0. The normalized spacial score (nSPS) is 21.7. The van der Waals surface area contributed by atoms with Gasteiger partial charge in [0.05, 0.1) is 24.7 Å². The van der Waals surface area contributed by atoms with Gasteiger partial charge in [-0.15, -0.1) is 0 Å². The Balaban J connectivity index is 0.000000396. The number of nitrogens with zero attached hydrogens (tertiary/aromatic N) is 2. The molecule has 0 amide bonds. The number of carbonyl (C=O) groups is 1. The topological polar surface area (TPSA) is 106 Å². The Morgan fingerprint density at radius 2 is 2.03 bits per heavy atom. The molecule has 0 radical (unpaired) electrons. The van der Waals surface area contributed by atoms with Crippen LogP contribution >= 0.6 is 0 Å². The quantitative estimate of drug-likeness (QED) is 0.728. The molecule has 1 N–H and O–H groups in total. The number of halogens is 3. The van der Waals surface area contributed by atoms with Crippen molar-refractivity contribution in [2.75, 3.05) is 32.1 Å². The molecular weight excluding hydrogens is 429 g/mol. The number of ether oxygens (including phenoxy) is 2. The third kappa shape index (κ3) is 6.81. The highest BCUT2D eigenvalue weighted by atomic mass is 32.2. The van der Waals surface area contributed by atoms with Crippen molar-refractivity contribution in [1.82, 2.24) is 9.29 Å². The Morgan fingerprint density at radius 3 is 2.53 bits per heavy atom. The molecule has 3 rings (SSSR count). The van der Waals surface area contributed by atoms with Crippen molar-refractivity contribution in [2.24, 2.45) is 5.41 Å². The van der Waals surface area contributed by atoms with Gasteiger partial charge in [-0.1, -0.05) is 0 Å². The largest absolute Gasteiger partial charge is 0.490 e. The molecule has 170 valence electrons. The summed E-state index contributed by atoms with van der Waals surface area (Å²) in [5.74, 6) is -1.83. The minimum absolute atomic E-state index is 0.0736. The van der Waals surface area contributed by atoms with E-state index in [1.54, 1.807) is 23.6 Å². The van der Waals surface area contributed by atoms with Crippen molar-refractivity contribution >= 4 is 16.0 Å². The molecule has 30 heavy (non-hydrogen) atoms. The van der Waals surface area contributed by atoms with E-state index in [2.05, 4.69) is 4.98 Å². The summed E-state index contributed by atoms with van der Waals surface area (Å²) in [4.78, 5) is 12.9. The Morgan fingerprint density at radius 1 is 1.40 bits per heavy atom. The highest BCUT2D eigenvalue weighted by Crippen LogP contribution is 2.42. The van der Waals surface area contributed by atoms with E-state index in [-0.39, 0.29) is 17.3 Å². The first kappa shape index (κ1) is 24.4. The molecule has 2 saturated heterocycles. The second kappa shape index (κ2) is 9.92. The van der Waals surface area contributed by atoms with Crippen molar-refractivity contribution in [3.05, 3.63) is 24.5 Å². The lowest BCUT2D eigenvalue weighted by atomic mass is 9.77. The van der Waals surface area contributed by atoms with Crippen LogP contribution in [0.25, 0.3) is 0 Å². The molecule has 1 unspecified atom stereocenters. The molecule has 1 aromatic rings. The van der Waals surface area contributed by atoms with E-state index in [0.717, 1.165) is 25.0 Å². The first-order valence-electron chi connectivity index (χ1n) is 9.40. The lowest BCUT2D eigenvalue weighted by molar-refractivity contribution is -0.192. The number of sulfonamides is 1. The van der Waals surface area contributed by atoms with E-state index in [9.17, 15) is 21.6 Å². The van der Waals surface area contributed by atoms with Gasteiger partial charge < -0.3 is 14.6 Å². The Hall–Kier alpha value is -1.92. The van der Waals surface area contributed by atoms with Crippen molar-refractivity contribution in [1.29, 1.82) is 0 Å². The predicted molar refractivity (Wildman–Crippen MR) is 100 cm³/mol. The Bertz CT molecular complexity index is 796. The SMILES string of the molecule is CCS(=O)(=O)N1CCC2(CC1)COC(COc1cccnc1)C2.O=C(O)C(F)(F)F. The number of carboxylic acids is 1. The maximum Gasteiger partial charge on any atom is 0.490 e. The van der Waals surface area contributed by atoms with E-state index in [1.165, 1.54) is 0 Å². The van der Waals surface area contributed by atoms with Crippen LogP contribution in [0.15, 0.2) is 24.5 Å². The maximum atomic E-state index is 12.0. The average Bonchev–Trinajstić information content (AvgIpc) is 3.10. The molecule has 3 heterocycles. The summed E-state index contributed by atoms with van der Waals surface area (Å²) < 4.78 is 68.9. The third-order valence-corrected chi connectivity index (χ3v) is 7.02. The molecule has 1 aromatic heterocycles. The van der Waals surface area contributed by atoms with Crippen LogP contribution in [0.2, 0.25) is 0 Å². The summed E-state index contributed by atoms with van der Waals surface area (Å²) in [6.45, 7) is 4.13. The van der Waals surface area contributed by atoms with E-state index in [4.69, 9.17) is 19.4 Å². The molecule has 0 aliphatic carbocycles. The van der Waals surface area contributed by atoms with Gasteiger partial charge in [0, 0.05) is 19.3 Å². The highest BCUT2D eigenvalue weighted by molar-refractivity contribution is 7.89. The molecule has 2 aliphatic heterocycles. The van der Waals surface area contributed by atoms with E-state index in [1.807, 2.05) is 12.1 Å². The summed E-state index contributed by atoms with van der Waals surface area (Å²) >= 11 is 0. The number of hydrogen-bond acceptors (Lipinski definition) is 6. The van der Waals surface area contributed by atoms with Crippen LogP contribution in [0.5, 0.6) is 5.75 Å². The standard InChI is InChI=1S/C16H24N2O4S.C2HF3O2/c1-2-23(19,20)18-8-5-16(6-9-18)10-15(22-13-16)12-21-14-4-3-7-17-11-14;3-2(4,5)1(6)7/h3-4,7,11,15H,2,5-6,8-10,12-13H2,1H3;(H,6,7). The number of piperidine rings is 1. The molecule has 0 aromatic carbocycles. The monoisotopic (exact) mass is 454 g/mol. The summed E-state index contributed by atoms with van der Waals surface area (Å²) in [7, 11) is -3.07. The molecule has 1 atom stereocenters. The van der Waals surface area contributed by atoms with Crippen LogP contribution in [0.1, 0.15) is 26.2 Å². The van der Waals surface area contributed by atoms with E-state index in [0.29, 0.717) is 26.3 Å². The first-order valence-corrected chi connectivity index (χ1v) is 11.0. The van der Waals surface area contributed by atoms with Gasteiger partial charge in [-0.05, 0) is 43.7 Å². The predicted octanol–water partition coefficient (Wildman–Crippen LogP) is 2.31. The van der Waals surface area contributed by atoms with E-state index < -0.39 is 22.2 Å². The van der Waals surface area contributed by atoms with Crippen molar-refractivity contribution in [2.45, 2.75) is 38.5 Å². The summed E-state index contributed by atoms with van der Waals surface area (Å²) in [6.07, 6.45) is 1.08. The fraction of sp³-hybridized carbons (Fsp3) is 0.667. The molecule has 2 fully saturated rings. The van der Waals surface area contributed by atoms with Crippen molar-refractivity contribution < 1.29 is 41.0 Å². The van der Waals surface area contributed by atoms with Crippen LogP contribution in [-0.2, 0) is 19.6 Å². The van der Waals surface area contributed by atoms with Crippen LogP contribution in [0.4, 0.5) is 13.2 Å². The number of hydrogen-bond donors (Lipinski definition) is 1. The highest BCUT2D eigenvalue weighted by Gasteiger charge is 2.44. The van der Waals surface area contributed by atoms with Crippen LogP contribution in [0, 0.1) is 5.41 Å². The van der Waals surface area contributed by atoms with Crippen molar-refractivity contribution in [3.8, 4) is 5.75 Å². The number of carboxylic acid groups (broad SMARTS) is 1. The Labute approximate surface area is 173 Å². The molecule has 12 heteroatoms. The minimum atomic E-state index is -5.08. The van der Waals surface area contributed by atoms with Gasteiger partial charge in [0.15, 0.2) is 0 Å². The fourth-order valence-corrected chi connectivity index (χ4v) is 4.50. The zero-order valence-electron chi connectivity index (χ0n) is 16.5. The average molecular weight is 454 g/mol. The van der Waals surface area contributed by atoms with Gasteiger partial charge in [-0.3, -0.25) is 4.98 Å². The van der Waals surface area contributed by atoms with Crippen LogP contribution in [0.3, 0.4) is 0 Å². The molecule has 8 nitrogen and oxygen atoms in total. The number of aromatic nitrogens is 1. The lowest BCUT2D eigenvalue weighted by Gasteiger charge is -2.37. The summed E-state index contributed by atoms with van der Waals surface area (Å²) in [6, 6.07) is 3.72. The van der Waals surface area contributed by atoms with E-state index >= 15 is 0 Å². The zero-order valence-corrected chi connectivity index (χ0v) is 17.3. The third-order valence-electron chi connectivity index (χ3n) is 5.14. The van der Waals surface area contributed by atoms with Crippen LogP contribution < -0.4 is 4.74 Å². The zero-order chi connectivity index (χ0) is 22.4. The molecule has 2 aliphatic rings. The van der Waals surface area contributed by atoms with Gasteiger partial charge in [-0.2, -0.15) is 13.2 Å². The Kier molecular flexibility index (Phi) is 8.06. The van der Waals surface area contributed by atoms with Gasteiger partial charge in [0.2, 0.25) is 10.0 Å². The molecule has 0 bridgehead atoms. The number of pyridine rings is 1. The molecule has 0 saturated carbocycles. The fourth-order valence-electron chi connectivity index (χ4n) is 3.39. The van der Waals surface area contributed by atoms with Gasteiger partial charge >= 0.3 is 12.1 Å². The molecular formula is C18H25F3N2O6S. The second-order valence-electron chi connectivity index (χ2n) is 7.24. The minimum Gasteiger partial charge on any atom is -0.489 e. The molecule has 1 spiro atoms. The lowest BCUT2D eigenvalue weighted by Crippen LogP contribution is -2.44. The van der Waals surface area contributed by atoms with Gasteiger partial charge in [-0.25, -0.2) is 17.5 Å². The summed E-state index contributed by atoms with van der Waals surface area (Å²) in [5.41, 5.74) is 0.114. The van der Waals surface area contributed by atoms with Gasteiger partial charge in [0.1, 0.15) is 12.4 Å². The summed E-state index contributed by atoms with van der Waals surface area (Å²) in [5, 5.41) is 7.12. The number of aliphatic carboxylic acids is 1. The maximum absolute atomic E-state index is 12.0. The second-order valence-corrected chi connectivity index (χ2v) is 9.50. The smallest absolute Gasteiger partial charge is 0.489 e.